The van der Waals surface area contributed by atoms with E-state index >= 15 is 0 Å². The van der Waals surface area contributed by atoms with Gasteiger partial charge in [-0.25, -0.2) is 13.1 Å². The normalized spacial score (nSPS) is 11.8. The molecule has 0 aliphatic heterocycles. The number of thiocarbonyl (C=S) groups is 1. The number of benzene rings is 1. The molecule has 0 bridgehead atoms. The summed E-state index contributed by atoms with van der Waals surface area (Å²) in [6.45, 7) is 1.16. The SMILES string of the molecule is CN(C)CCCNS(=O)(=O)c1ccc(C(N)=S)cc1Cl. The predicted molar refractivity (Wildman–Crippen MR) is 85.7 cm³/mol. The Morgan fingerprint density at radius 1 is 1.45 bits per heavy atom. The minimum absolute atomic E-state index is 0.0315. The van der Waals surface area contributed by atoms with Crippen molar-refractivity contribution in [1.82, 2.24) is 9.62 Å². The zero-order chi connectivity index (χ0) is 15.3. The molecule has 0 aliphatic carbocycles. The quantitative estimate of drug-likeness (QED) is 0.578. The Morgan fingerprint density at radius 3 is 2.60 bits per heavy atom. The van der Waals surface area contributed by atoms with E-state index in [1.54, 1.807) is 6.07 Å². The molecule has 0 aliphatic rings. The summed E-state index contributed by atoms with van der Waals surface area (Å²) in [7, 11) is 0.245. The van der Waals surface area contributed by atoms with E-state index in [2.05, 4.69) is 4.72 Å². The molecule has 20 heavy (non-hydrogen) atoms. The van der Waals surface area contributed by atoms with Crippen LogP contribution < -0.4 is 10.5 Å². The molecule has 0 saturated heterocycles. The van der Waals surface area contributed by atoms with Crippen molar-refractivity contribution in [1.29, 1.82) is 0 Å². The van der Waals surface area contributed by atoms with Crippen molar-refractivity contribution in [2.45, 2.75) is 11.3 Å². The van der Waals surface area contributed by atoms with Crippen LogP contribution in [0.1, 0.15) is 12.0 Å². The van der Waals surface area contributed by atoms with Gasteiger partial charge in [-0.05, 0) is 39.2 Å². The highest BCUT2D eigenvalue weighted by Gasteiger charge is 2.17. The second kappa shape index (κ2) is 7.33. The smallest absolute Gasteiger partial charge is 0.242 e. The number of sulfonamides is 1. The summed E-state index contributed by atoms with van der Waals surface area (Å²) in [5.41, 5.74) is 6.01. The number of nitrogens with zero attached hydrogens (tertiary/aromatic N) is 1. The van der Waals surface area contributed by atoms with Crippen LogP contribution in [-0.2, 0) is 10.0 Å². The molecule has 3 N–H and O–H groups in total. The summed E-state index contributed by atoms with van der Waals surface area (Å²) in [5.74, 6) is 0. The van der Waals surface area contributed by atoms with Crippen LogP contribution in [0.5, 0.6) is 0 Å². The molecule has 1 aromatic rings. The lowest BCUT2D eigenvalue weighted by Gasteiger charge is -2.11. The summed E-state index contributed by atoms with van der Waals surface area (Å²) in [6, 6.07) is 4.41. The molecule has 0 atom stereocenters. The molecule has 0 fully saturated rings. The van der Waals surface area contributed by atoms with Gasteiger partial charge >= 0.3 is 0 Å². The van der Waals surface area contributed by atoms with Crippen LogP contribution in [0.2, 0.25) is 5.02 Å². The van der Waals surface area contributed by atoms with Gasteiger partial charge in [0.05, 0.1) is 5.02 Å². The Labute approximate surface area is 130 Å². The monoisotopic (exact) mass is 335 g/mol. The van der Waals surface area contributed by atoms with E-state index in [9.17, 15) is 8.42 Å². The Morgan fingerprint density at radius 2 is 2.10 bits per heavy atom. The van der Waals surface area contributed by atoms with Crippen LogP contribution in [0.15, 0.2) is 23.1 Å². The van der Waals surface area contributed by atoms with Crippen molar-refractivity contribution in [3.63, 3.8) is 0 Å². The van der Waals surface area contributed by atoms with E-state index in [0.717, 1.165) is 13.0 Å². The van der Waals surface area contributed by atoms with Crippen LogP contribution in [0.3, 0.4) is 0 Å². The minimum Gasteiger partial charge on any atom is -0.389 e. The largest absolute Gasteiger partial charge is 0.389 e. The van der Waals surface area contributed by atoms with E-state index in [1.807, 2.05) is 19.0 Å². The van der Waals surface area contributed by atoms with E-state index in [0.29, 0.717) is 12.1 Å². The lowest BCUT2D eigenvalue weighted by Crippen LogP contribution is -2.27. The van der Waals surface area contributed by atoms with Gasteiger partial charge < -0.3 is 10.6 Å². The molecule has 1 rings (SSSR count). The lowest BCUT2D eigenvalue weighted by molar-refractivity contribution is 0.400. The van der Waals surface area contributed by atoms with Crippen molar-refractivity contribution in [2.75, 3.05) is 27.2 Å². The maximum Gasteiger partial charge on any atom is 0.242 e. The van der Waals surface area contributed by atoms with Crippen LogP contribution in [-0.4, -0.2) is 45.5 Å². The first kappa shape index (κ1) is 17.3. The van der Waals surface area contributed by atoms with Gasteiger partial charge in [0.2, 0.25) is 10.0 Å². The fourth-order valence-corrected chi connectivity index (χ4v) is 3.30. The average molecular weight is 336 g/mol. The summed E-state index contributed by atoms with van der Waals surface area (Å²) in [6.07, 6.45) is 0.717. The summed E-state index contributed by atoms with van der Waals surface area (Å²) in [5, 5.41) is 0.107. The first-order chi connectivity index (χ1) is 9.24. The van der Waals surface area contributed by atoms with E-state index in [-0.39, 0.29) is 14.9 Å². The molecular formula is C12H18ClN3O2S2. The van der Waals surface area contributed by atoms with Crippen LogP contribution in [0.25, 0.3) is 0 Å². The van der Waals surface area contributed by atoms with E-state index < -0.39 is 10.0 Å². The number of nitrogens with two attached hydrogens (primary N) is 1. The zero-order valence-electron chi connectivity index (χ0n) is 11.4. The van der Waals surface area contributed by atoms with Gasteiger partial charge in [-0.3, -0.25) is 0 Å². The Balaban J connectivity index is 2.80. The van der Waals surface area contributed by atoms with Gasteiger partial charge in [-0.1, -0.05) is 29.9 Å². The Hall–Kier alpha value is -0.730. The molecule has 5 nitrogen and oxygen atoms in total. The van der Waals surface area contributed by atoms with Crippen molar-refractivity contribution >= 4 is 38.8 Å². The molecule has 0 heterocycles. The third-order valence-corrected chi connectivity index (χ3v) is 4.76. The molecule has 0 spiro atoms. The third-order valence-electron chi connectivity index (χ3n) is 2.58. The highest BCUT2D eigenvalue weighted by molar-refractivity contribution is 7.89. The molecular weight excluding hydrogens is 318 g/mol. The van der Waals surface area contributed by atoms with Gasteiger partial charge in [-0.2, -0.15) is 0 Å². The summed E-state index contributed by atoms with van der Waals surface area (Å²) < 4.78 is 26.7. The molecule has 0 aromatic heterocycles. The maximum atomic E-state index is 12.1. The standard InChI is InChI=1S/C12H18ClN3O2S2/c1-16(2)7-3-6-15-20(17,18)11-5-4-9(12(14)19)8-10(11)13/h4-5,8,15H,3,6-7H2,1-2H3,(H2,14,19). The molecule has 0 amide bonds. The molecule has 0 radical (unpaired) electrons. The zero-order valence-corrected chi connectivity index (χ0v) is 13.8. The van der Waals surface area contributed by atoms with Crippen molar-refractivity contribution in [2.24, 2.45) is 5.73 Å². The van der Waals surface area contributed by atoms with Crippen molar-refractivity contribution in [3.05, 3.63) is 28.8 Å². The van der Waals surface area contributed by atoms with Crippen LogP contribution in [0, 0.1) is 0 Å². The fourth-order valence-electron chi connectivity index (χ4n) is 1.55. The van der Waals surface area contributed by atoms with Gasteiger partial charge in [-0.15, -0.1) is 0 Å². The molecule has 0 saturated carbocycles. The Kier molecular flexibility index (Phi) is 6.35. The number of hydrogen-bond donors (Lipinski definition) is 2. The highest BCUT2D eigenvalue weighted by Crippen LogP contribution is 2.22. The molecule has 0 unspecified atom stereocenters. The fraction of sp³-hybridized carbons (Fsp3) is 0.417. The topological polar surface area (TPSA) is 75.4 Å². The Bertz CT molecular complexity index is 588. The van der Waals surface area contributed by atoms with Gasteiger partial charge in [0.15, 0.2) is 0 Å². The number of halogens is 1. The van der Waals surface area contributed by atoms with Crippen molar-refractivity contribution < 1.29 is 8.42 Å². The first-order valence-corrected chi connectivity index (χ1v) is 8.24. The van der Waals surface area contributed by atoms with E-state index in [4.69, 9.17) is 29.6 Å². The third kappa shape index (κ3) is 4.99. The minimum atomic E-state index is -3.62. The molecule has 112 valence electrons. The van der Waals surface area contributed by atoms with Gasteiger partial charge in [0.1, 0.15) is 9.88 Å². The summed E-state index contributed by atoms with van der Waals surface area (Å²) >= 11 is 10.8. The number of hydrogen-bond acceptors (Lipinski definition) is 4. The average Bonchev–Trinajstić information content (AvgIpc) is 2.34. The molecule has 8 heteroatoms. The predicted octanol–water partition coefficient (Wildman–Crippen LogP) is 1.20. The highest BCUT2D eigenvalue weighted by atomic mass is 35.5. The maximum absolute atomic E-state index is 12.1. The second-order valence-electron chi connectivity index (χ2n) is 4.56. The number of rotatable bonds is 7. The summed E-state index contributed by atoms with van der Waals surface area (Å²) in [4.78, 5) is 2.19. The number of nitrogens with one attached hydrogen (secondary N) is 1. The second-order valence-corrected chi connectivity index (χ2v) is 7.15. The van der Waals surface area contributed by atoms with Crippen LogP contribution in [0.4, 0.5) is 0 Å². The van der Waals surface area contributed by atoms with Gasteiger partial charge in [0, 0.05) is 12.1 Å². The van der Waals surface area contributed by atoms with Crippen molar-refractivity contribution in [3.8, 4) is 0 Å². The van der Waals surface area contributed by atoms with Crippen LogP contribution >= 0.6 is 23.8 Å². The van der Waals surface area contributed by atoms with Gasteiger partial charge in [0.25, 0.3) is 0 Å². The molecule has 1 aromatic carbocycles. The van der Waals surface area contributed by atoms with E-state index in [1.165, 1.54) is 12.1 Å². The first-order valence-electron chi connectivity index (χ1n) is 5.98. The lowest BCUT2D eigenvalue weighted by atomic mass is 10.2.